The Kier molecular flexibility index (Phi) is 4.67. The maximum atomic E-state index is 11.7. The Bertz CT molecular complexity index is 459. The molecule has 0 atom stereocenters. The first kappa shape index (κ1) is 14.0. The summed E-state index contributed by atoms with van der Waals surface area (Å²) in [6.07, 6.45) is 0. The summed E-state index contributed by atoms with van der Waals surface area (Å²) in [7, 11) is 1.56. The molecule has 18 heavy (non-hydrogen) atoms. The number of ether oxygens (including phenoxy) is 1. The Morgan fingerprint density at radius 1 is 1.44 bits per heavy atom. The first-order valence-electron chi connectivity index (χ1n) is 5.44. The molecule has 0 aliphatic heterocycles. The summed E-state index contributed by atoms with van der Waals surface area (Å²) in [6, 6.07) is 4.23. The Morgan fingerprint density at radius 3 is 2.61 bits per heavy atom. The zero-order chi connectivity index (χ0) is 13.7. The molecule has 0 aliphatic carbocycles. The minimum atomic E-state index is -1.06. The van der Waals surface area contributed by atoms with Crippen LogP contribution < -0.4 is 10.6 Å². The first-order valence-corrected chi connectivity index (χ1v) is 5.44. The number of aromatic carboxylic acids is 1. The van der Waals surface area contributed by atoms with Crippen molar-refractivity contribution in [3.63, 3.8) is 0 Å². The Hall–Kier alpha value is -2.08. The van der Waals surface area contributed by atoms with Gasteiger partial charge in [0.1, 0.15) is 6.61 Å². The molecule has 1 aromatic rings. The van der Waals surface area contributed by atoms with Crippen LogP contribution in [0.15, 0.2) is 18.2 Å². The molecule has 0 aliphatic rings. The second kappa shape index (κ2) is 6.02. The maximum Gasteiger partial charge on any atom is 0.335 e. The Morgan fingerprint density at radius 2 is 2.11 bits per heavy atom. The van der Waals surface area contributed by atoms with Gasteiger partial charge in [-0.15, -0.1) is 0 Å². The van der Waals surface area contributed by atoms with Gasteiger partial charge in [0.2, 0.25) is 0 Å². The fourth-order valence-electron chi connectivity index (χ4n) is 1.41. The number of nitrogen functional groups attached to an aromatic ring is 1. The van der Waals surface area contributed by atoms with E-state index in [1.54, 1.807) is 14.0 Å². The fraction of sp³-hybridized carbons (Fsp3) is 0.333. The van der Waals surface area contributed by atoms with Gasteiger partial charge in [-0.25, -0.2) is 4.79 Å². The van der Waals surface area contributed by atoms with Crippen LogP contribution in [0.25, 0.3) is 0 Å². The number of carboxylic acids is 1. The van der Waals surface area contributed by atoms with Gasteiger partial charge in [-0.05, 0) is 25.1 Å². The van der Waals surface area contributed by atoms with Crippen molar-refractivity contribution < 1.29 is 19.4 Å². The second-order valence-corrected chi connectivity index (χ2v) is 3.67. The Labute approximate surface area is 105 Å². The maximum absolute atomic E-state index is 11.7. The highest BCUT2D eigenvalue weighted by Gasteiger charge is 2.15. The van der Waals surface area contributed by atoms with E-state index in [9.17, 15) is 9.59 Å². The first-order chi connectivity index (χ1) is 8.47. The van der Waals surface area contributed by atoms with E-state index in [-0.39, 0.29) is 23.8 Å². The van der Waals surface area contributed by atoms with Crippen LogP contribution >= 0.6 is 0 Å². The van der Waals surface area contributed by atoms with E-state index < -0.39 is 5.97 Å². The van der Waals surface area contributed by atoms with Crippen molar-refractivity contribution in [2.24, 2.45) is 0 Å². The topological polar surface area (TPSA) is 92.9 Å². The number of likely N-dealkylation sites (N-methyl/N-ethyl adjacent to an activating group) is 1. The third-order valence-electron chi connectivity index (χ3n) is 2.44. The summed E-state index contributed by atoms with van der Waals surface area (Å²) in [5, 5.41) is 8.81. The predicted octanol–water partition coefficient (Wildman–Crippen LogP) is 0.966. The highest BCUT2D eigenvalue weighted by atomic mass is 16.5. The van der Waals surface area contributed by atoms with E-state index in [1.807, 2.05) is 0 Å². The molecule has 98 valence electrons. The normalized spacial score (nSPS) is 10.1. The lowest BCUT2D eigenvalue weighted by molar-refractivity contribution is -0.122. The third kappa shape index (κ3) is 3.21. The van der Waals surface area contributed by atoms with Gasteiger partial charge in [0.05, 0.1) is 16.9 Å². The standard InChI is InChI=1S/C12H16N2O4/c1-3-18-7-11(15)14(2)10-5-4-8(12(16)17)6-9(10)13/h4-6H,3,7,13H2,1-2H3,(H,16,17). The lowest BCUT2D eigenvalue weighted by Gasteiger charge is -2.19. The zero-order valence-corrected chi connectivity index (χ0v) is 10.3. The van der Waals surface area contributed by atoms with Gasteiger partial charge in [-0.3, -0.25) is 4.79 Å². The van der Waals surface area contributed by atoms with E-state index >= 15 is 0 Å². The summed E-state index contributed by atoms with van der Waals surface area (Å²) in [5.74, 6) is -1.30. The van der Waals surface area contributed by atoms with Crippen molar-refractivity contribution >= 4 is 23.3 Å². The number of nitrogens with two attached hydrogens (primary N) is 1. The Balaban J connectivity index is 2.89. The van der Waals surface area contributed by atoms with Crippen molar-refractivity contribution in [1.29, 1.82) is 0 Å². The van der Waals surface area contributed by atoms with Crippen LogP contribution in [0.5, 0.6) is 0 Å². The molecular formula is C12H16N2O4. The summed E-state index contributed by atoms with van der Waals surface area (Å²) in [4.78, 5) is 23.8. The second-order valence-electron chi connectivity index (χ2n) is 3.67. The molecule has 6 heteroatoms. The summed E-state index contributed by atoms with van der Waals surface area (Å²) in [5.41, 5.74) is 6.51. The molecule has 0 fully saturated rings. The number of nitrogens with zero attached hydrogens (tertiary/aromatic N) is 1. The van der Waals surface area contributed by atoms with E-state index in [0.717, 1.165) is 0 Å². The highest BCUT2D eigenvalue weighted by Crippen LogP contribution is 2.23. The van der Waals surface area contributed by atoms with Gasteiger partial charge < -0.3 is 20.5 Å². The molecule has 1 amide bonds. The van der Waals surface area contributed by atoms with Crippen LogP contribution in [0.4, 0.5) is 11.4 Å². The van der Waals surface area contributed by atoms with Crippen LogP contribution in [0, 0.1) is 0 Å². The van der Waals surface area contributed by atoms with Gasteiger partial charge in [0.15, 0.2) is 0 Å². The lowest BCUT2D eigenvalue weighted by atomic mass is 10.1. The summed E-state index contributed by atoms with van der Waals surface area (Å²) >= 11 is 0. The lowest BCUT2D eigenvalue weighted by Crippen LogP contribution is -2.30. The number of carbonyl (C=O) groups is 2. The van der Waals surface area contributed by atoms with Crippen LogP contribution in [-0.2, 0) is 9.53 Å². The number of carbonyl (C=O) groups excluding carboxylic acids is 1. The molecule has 3 N–H and O–H groups in total. The monoisotopic (exact) mass is 252 g/mol. The average Bonchev–Trinajstić information content (AvgIpc) is 2.34. The van der Waals surface area contributed by atoms with Gasteiger partial charge in [-0.1, -0.05) is 0 Å². The molecular weight excluding hydrogens is 236 g/mol. The van der Waals surface area contributed by atoms with Gasteiger partial charge >= 0.3 is 5.97 Å². The largest absolute Gasteiger partial charge is 0.478 e. The van der Waals surface area contributed by atoms with Crippen LogP contribution in [0.3, 0.4) is 0 Å². The highest BCUT2D eigenvalue weighted by molar-refractivity contribution is 5.98. The quantitative estimate of drug-likeness (QED) is 0.761. The average molecular weight is 252 g/mol. The van der Waals surface area contributed by atoms with Gasteiger partial charge in [0, 0.05) is 13.7 Å². The van der Waals surface area contributed by atoms with E-state index in [1.165, 1.54) is 23.1 Å². The predicted molar refractivity (Wildman–Crippen MR) is 67.7 cm³/mol. The summed E-state index contributed by atoms with van der Waals surface area (Å²) < 4.78 is 5.01. The van der Waals surface area contributed by atoms with E-state index in [4.69, 9.17) is 15.6 Å². The molecule has 1 aromatic carbocycles. The van der Waals surface area contributed by atoms with Crippen LogP contribution in [-0.4, -0.2) is 37.2 Å². The molecule has 0 bridgehead atoms. The van der Waals surface area contributed by atoms with Crippen LogP contribution in [0.1, 0.15) is 17.3 Å². The number of benzene rings is 1. The molecule has 0 radical (unpaired) electrons. The summed E-state index contributed by atoms with van der Waals surface area (Å²) in [6.45, 7) is 2.21. The zero-order valence-electron chi connectivity index (χ0n) is 10.3. The molecule has 0 spiro atoms. The molecule has 6 nitrogen and oxygen atoms in total. The number of carboxylic acid groups (broad SMARTS) is 1. The molecule has 0 heterocycles. The van der Waals surface area contributed by atoms with E-state index in [2.05, 4.69) is 0 Å². The number of anilines is 2. The van der Waals surface area contributed by atoms with Crippen molar-refractivity contribution in [3.8, 4) is 0 Å². The number of hydrogen-bond acceptors (Lipinski definition) is 4. The smallest absolute Gasteiger partial charge is 0.335 e. The van der Waals surface area contributed by atoms with Crippen molar-refractivity contribution in [1.82, 2.24) is 0 Å². The molecule has 0 aromatic heterocycles. The van der Waals surface area contributed by atoms with Crippen LogP contribution in [0.2, 0.25) is 0 Å². The van der Waals surface area contributed by atoms with Crippen molar-refractivity contribution in [3.05, 3.63) is 23.8 Å². The molecule has 0 saturated heterocycles. The SMILES string of the molecule is CCOCC(=O)N(C)c1ccc(C(=O)O)cc1N. The minimum Gasteiger partial charge on any atom is -0.478 e. The third-order valence-corrected chi connectivity index (χ3v) is 2.44. The van der Waals surface area contributed by atoms with Crippen molar-refractivity contribution in [2.75, 3.05) is 30.9 Å². The minimum absolute atomic E-state index is 0.0346. The molecule has 0 saturated carbocycles. The van der Waals surface area contributed by atoms with Gasteiger partial charge in [-0.2, -0.15) is 0 Å². The molecule has 0 unspecified atom stereocenters. The van der Waals surface area contributed by atoms with Gasteiger partial charge in [0.25, 0.3) is 5.91 Å². The fourth-order valence-corrected chi connectivity index (χ4v) is 1.41. The number of hydrogen-bond donors (Lipinski definition) is 2. The molecule has 1 rings (SSSR count). The number of rotatable bonds is 5. The van der Waals surface area contributed by atoms with Crippen molar-refractivity contribution in [2.45, 2.75) is 6.92 Å². The van der Waals surface area contributed by atoms with E-state index in [0.29, 0.717) is 12.3 Å². The number of amides is 1.